The maximum Gasteiger partial charge on any atom is 0.0834 e. The highest BCUT2D eigenvalue weighted by atomic mass is 28.3. The van der Waals surface area contributed by atoms with E-state index in [9.17, 15) is 0 Å². The van der Waals surface area contributed by atoms with Crippen LogP contribution in [0, 0.1) is 0 Å². The molecule has 0 spiro atoms. The van der Waals surface area contributed by atoms with Crippen molar-refractivity contribution in [1.82, 2.24) is 0 Å². The van der Waals surface area contributed by atoms with Crippen molar-refractivity contribution in [3.63, 3.8) is 0 Å². The van der Waals surface area contributed by atoms with Gasteiger partial charge in [-0.1, -0.05) is 42.9 Å². The summed E-state index contributed by atoms with van der Waals surface area (Å²) in [5.41, 5.74) is 3.20. The van der Waals surface area contributed by atoms with E-state index in [0.29, 0.717) is 5.73 Å². The quantitative estimate of drug-likeness (QED) is 0.488. The van der Waals surface area contributed by atoms with Gasteiger partial charge in [0.25, 0.3) is 0 Å². The molecule has 0 radical (unpaired) electrons. The molecule has 16 heavy (non-hydrogen) atoms. The average Bonchev–Trinajstić information content (AvgIpc) is 2.11. The first-order valence-electron chi connectivity index (χ1n) is 6.11. The molecule has 0 aromatic rings. The van der Waals surface area contributed by atoms with E-state index in [1.54, 1.807) is 0 Å². The Labute approximate surface area is 103 Å². The Bertz CT molecular complexity index is 254. The second kappa shape index (κ2) is 7.07. The monoisotopic (exact) mass is 240 g/mol. The summed E-state index contributed by atoms with van der Waals surface area (Å²) in [7, 11) is 0.598. The first-order chi connectivity index (χ1) is 7.27. The first kappa shape index (κ1) is 15.7. The third-order valence-electron chi connectivity index (χ3n) is 2.63. The SMILES string of the molecule is COC(/C=C(\C)CCC=C(C)C)[Si](C)(C)C. The highest BCUT2D eigenvalue weighted by Crippen LogP contribution is 2.16. The third kappa shape index (κ3) is 7.02. The van der Waals surface area contributed by atoms with Crippen LogP contribution in [0.15, 0.2) is 23.3 Å². The van der Waals surface area contributed by atoms with E-state index in [0.717, 1.165) is 12.8 Å². The van der Waals surface area contributed by atoms with Gasteiger partial charge >= 0.3 is 0 Å². The Hall–Kier alpha value is -0.343. The molecule has 1 atom stereocenters. The van der Waals surface area contributed by atoms with Crippen LogP contribution in [-0.4, -0.2) is 20.9 Å². The number of hydrogen-bond acceptors (Lipinski definition) is 1. The van der Waals surface area contributed by atoms with Gasteiger partial charge in [0.05, 0.1) is 13.8 Å². The maximum atomic E-state index is 5.58. The van der Waals surface area contributed by atoms with Crippen LogP contribution >= 0.6 is 0 Å². The van der Waals surface area contributed by atoms with E-state index in [1.165, 1.54) is 11.1 Å². The van der Waals surface area contributed by atoms with Crippen LogP contribution in [0.1, 0.15) is 33.6 Å². The molecule has 0 saturated carbocycles. The predicted octanol–water partition coefficient (Wildman–Crippen LogP) is 4.57. The minimum absolute atomic E-state index is 0.346. The zero-order valence-corrected chi connectivity index (χ0v) is 13.1. The molecular weight excluding hydrogens is 212 g/mol. The van der Waals surface area contributed by atoms with Crippen molar-refractivity contribution in [3.05, 3.63) is 23.3 Å². The van der Waals surface area contributed by atoms with Gasteiger partial charge in [-0.15, -0.1) is 0 Å². The molecule has 0 aliphatic rings. The molecule has 0 N–H and O–H groups in total. The molecular formula is C14H28OSi. The van der Waals surface area contributed by atoms with Gasteiger partial charge in [-0.2, -0.15) is 0 Å². The topological polar surface area (TPSA) is 9.23 Å². The van der Waals surface area contributed by atoms with Crippen molar-refractivity contribution in [2.75, 3.05) is 7.11 Å². The molecule has 0 saturated heterocycles. The van der Waals surface area contributed by atoms with E-state index in [1.807, 2.05) is 7.11 Å². The minimum Gasteiger partial charge on any atom is -0.381 e. The molecule has 0 aliphatic carbocycles. The van der Waals surface area contributed by atoms with Crippen molar-refractivity contribution in [2.45, 2.75) is 59.0 Å². The van der Waals surface area contributed by atoms with Gasteiger partial charge in [-0.05, 0) is 33.6 Å². The van der Waals surface area contributed by atoms with Crippen molar-refractivity contribution < 1.29 is 4.74 Å². The Morgan fingerprint density at radius 2 is 1.75 bits per heavy atom. The number of ether oxygens (including phenoxy) is 1. The number of methoxy groups -OCH3 is 1. The molecule has 0 aromatic heterocycles. The second-order valence-corrected chi connectivity index (χ2v) is 11.2. The maximum absolute atomic E-state index is 5.58. The molecule has 0 aliphatic heterocycles. The number of rotatable bonds is 6. The Kier molecular flexibility index (Phi) is 6.92. The second-order valence-electron chi connectivity index (χ2n) is 5.86. The molecule has 0 aromatic carbocycles. The normalized spacial score (nSPS) is 14.8. The summed E-state index contributed by atoms with van der Waals surface area (Å²) in [5.74, 6) is 0. The van der Waals surface area contributed by atoms with Crippen molar-refractivity contribution in [3.8, 4) is 0 Å². The Morgan fingerprint density at radius 1 is 1.19 bits per heavy atom. The van der Waals surface area contributed by atoms with Crippen LogP contribution in [0.3, 0.4) is 0 Å². The van der Waals surface area contributed by atoms with Crippen molar-refractivity contribution in [1.29, 1.82) is 0 Å². The van der Waals surface area contributed by atoms with Crippen LogP contribution in [0.2, 0.25) is 19.6 Å². The van der Waals surface area contributed by atoms with Gasteiger partial charge < -0.3 is 4.74 Å². The molecule has 0 rings (SSSR count). The van der Waals surface area contributed by atoms with Gasteiger partial charge in [0.15, 0.2) is 0 Å². The number of hydrogen-bond donors (Lipinski definition) is 0. The molecule has 94 valence electrons. The largest absolute Gasteiger partial charge is 0.381 e. The molecule has 0 fully saturated rings. The minimum atomic E-state index is -1.22. The van der Waals surface area contributed by atoms with Gasteiger partial charge in [-0.25, -0.2) is 0 Å². The van der Waals surface area contributed by atoms with E-state index in [2.05, 4.69) is 52.6 Å². The Balaban J connectivity index is 4.34. The van der Waals surface area contributed by atoms with Gasteiger partial charge in [0.2, 0.25) is 0 Å². The third-order valence-corrected chi connectivity index (χ3v) is 4.74. The van der Waals surface area contributed by atoms with Gasteiger partial charge in [0, 0.05) is 7.11 Å². The van der Waals surface area contributed by atoms with Crippen LogP contribution in [0.5, 0.6) is 0 Å². The lowest BCUT2D eigenvalue weighted by Crippen LogP contribution is -2.38. The van der Waals surface area contributed by atoms with E-state index >= 15 is 0 Å². The van der Waals surface area contributed by atoms with Crippen LogP contribution in [-0.2, 0) is 4.74 Å². The Morgan fingerprint density at radius 3 is 2.12 bits per heavy atom. The summed E-state index contributed by atoms with van der Waals surface area (Å²) in [6, 6.07) is 0. The molecule has 0 bridgehead atoms. The van der Waals surface area contributed by atoms with E-state index < -0.39 is 8.07 Å². The fourth-order valence-corrected chi connectivity index (χ4v) is 3.09. The highest BCUT2D eigenvalue weighted by molar-refractivity contribution is 6.77. The van der Waals surface area contributed by atoms with Crippen molar-refractivity contribution >= 4 is 8.07 Å². The smallest absolute Gasteiger partial charge is 0.0834 e. The zero-order chi connectivity index (χ0) is 12.8. The van der Waals surface area contributed by atoms with Gasteiger partial charge in [-0.3, -0.25) is 0 Å². The van der Waals surface area contributed by atoms with Crippen LogP contribution in [0.25, 0.3) is 0 Å². The zero-order valence-electron chi connectivity index (χ0n) is 12.1. The van der Waals surface area contributed by atoms with E-state index in [-0.39, 0.29) is 0 Å². The summed E-state index contributed by atoms with van der Waals surface area (Å²) in [6.45, 7) is 13.6. The molecule has 0 amide bonds. The molecule has 1 unspecified atom stereocenters. The van der Waals surface area contributed by atoms with Crippen LogP contribution < -0.4 is 0 Å². The summed E-state index contributed by atoms with van der Waals surface area (Å²) in [6.07, 6.45) is 6.92. The average molecular weight is 240 g/mol. The molecule has 1 nitrogen and oxygen atoms in total. The predicted molar refractivity (Wildman–Crippen MR) is 76.6 cm³/mol. The molecule has 2 heteroatoms. The lowest BCUT2D eigenvalue weighted by Gasteiger charge is -2.25. The summed E-state index contributed by atoms with van der Waals surface area (Å²) in [5, 5.41) is 0. The summed E-state index contributed by atoms with van der Waals surface area (Å²) < 4.78 is 5.58. The first-order valence-corrected chi connectivity index (χ1v) is 9.68. The number of allylic oxidation sites excluding steroid dienone is 3. The fraction of sp³-hybridized carbons (Fsp3) is 0.714. The van der Waals surface area contributed by atoms with Crippen LogP contribution in [0.4, 0.5) is 0 Å². The van der Waals surface area contributed by atoms with Gasteiger partial charge in [0.1, 0.15) is 0 Å². The molecule has 0 heterocycles. The summed E-state index contributed by atoms with van der Waals surface area (Å²) >= 11 is 0. The van der Waals surface area contributed by atoms with E-state index in [4.69, 9.17) is 4.74 Å². The highest BCUT2D eigenvalue weighted by Gasteiger charge is 2.24. The van der Waals surface area contributed by atoms with Crippen molar-refractivity contribution in [2.24, 2.45) is 0 Å². The summed E-state index contributed by atoms with van der Waals surface area (Å²) in [4.78, 5) is 0. The lowest BCUT2D eigenvalue weighted by atomic mass is 10.1. The lowest BCUT2D eigenvalue weighted by molar-refractivity contribution is 0.192. The fourth-order valence-electron chi connectivity index (χ4n) is 1.60. The standard InChI is InChI=1S/C14H28OSi/c1-12(2)9-8-10-13(3)11-14(15-4)16(5,6)7/h9,11,14H,8,10H2,1-7H3/b13-11+.